The molecule has 35 heavy (non-hydrogen) atoms. The van der Waals surface area contributed by atoms with Gasteiger partial charge in [-0.15, -0.1) is 0 Å². The average molecular weight is 480 g/mol. The number of nitrogens with zero attached hydrogens (tertiary/aromatic N) is 3. The number of carbonyl (C=O) groups is 3. The molecule has 7 nitrogen and oxygen atoms in total. The van der Waals surface area contributed by atoms with Crippen molar-refractivity contribution >= 4 is 40.1 Å². The maximum absolute atomic E-state index is 13.5. The van der Waals surface area contributed by atoms with E-state index in [-0.39, 0.29) is 18.3 Å². The van der Waals surface area contributed by atoms with Crippen LogP contribution in [0, 0.1) is 0 Å². The largest absolute Gasteiger partial charge is 0.416 e. The molecular weight excluding hydrogens is 461 g/mol. The maximum Gasteiger partial charge on any atom is 0.416 e. The number of alkyl halides is 3. The van der Waals surface area contributed by atoms with Crippen molar-refractivity contribution in [3.8, 4) is 0 Å². The van der Waals surface area contributed by atoms with Gasteiger partial charge < -0.3 is 15.1 Å². The van der Waals surface area contributed by atoms with Gasteiger partial charge in [-0.2, -0.15) is 13.2 Å². The van der Waals surface area contributed by atoms with Crippen LogP contribution in [0.1, 0.15) is 12.0 Å². The standard InChI is InChI=1S/C25H19F3N4O3/c26-25(27,28)15-7-4-8-16(11-15)29-23(34)30-13-17-12-20(30)21-22(33)32(24(35)31(17)21)19-10-3-6-14-5-1-2-9-18(14)19/h1-11,17,20-21H,12-13H2,(H,29,34)/t17?,20?,21-/m1/s1. The smallest absolute Gasteiger partial charge is 0.317 e. The van der Waals surface area contributed by atoms with E-state index in [0.29, 0.717) is 12.1 Å². The number of hydrogen-bond donors (Lipinski definition) is 1. The summed E-state index contributed by atoms with van der Waals surface area (Å²) in [5, 5.41) is 4.17. The first-order chi connectivity index (χ1) is 16.7. The molecule has 1 N–H and O–H groups in total. The molecular formula is C25H19F3N4O3. The first-order valence-electron chi connectivity index (χ1n) is 11.1. The Morgan fingerprint density at radius 2 is 1.71 bits per heavy atom. The predicted octanol–water partition coefficient (Wildman–Crippen LogP) is 4.68. The van der Waals surface area contributed by atoms with Crippen LogP contribution in [0.5, 0.6) is 0 Å². The number of fused-ring (bicyclic) bond motifs is 6. The first kappa shape index (κ1) is 21.5. The Morgan fingerprint density at radius 3 is 2.51 bits per heavy atom. The van der Waals surface area contributed by atoms with E-state index in [4.69, 9.17) is 0 Å². The van der Waals surface area contributed by atoms with Crippen LogP contribution >= 0.6 is 0 Å². The third kappa shape index (κ3) is 3.23. The summed E-state index contributed by atoms with van der Waals surface area (Å²) < 4.78 is 39.1. The highest BCUT2D eigenvalue weighted by molar-refractivity contribution is 6.25. The number of benzene rings is 3. The van der Waals surface area contributed by atoms with Gasteiger partial charge in [0, 0.05) is 17.6 Å². The molecule has 3 aliphatic rings. The number of halogens is 3. The van der Waals surface area contributed by atoms with Crippen molar-refractivity contribution in [1.29, 1.82) is 0 Å². The van der Waals surface area contributed by atoms with Crippen LogP contribution in [-0.2, 0) is 11.0 Å². The molecule has 0 saturated carbocycles. The summed E-state index contributed by atoms with van der Waals surface area (Å²) in [5.41, 5.74) is -0.366. The van der Waals surface area contributed by atoms with Gasteiger partial charge in [0.05, 0.1) is 23.3 Å². The Bertz CT molecular complexity index is 1390. The molecule has 3 aromatic rings. The Balaban J connectivity index is 1.26. The second kappa shape index (κ2) is 7.46. The first-order valence-corrected chi connectivity index (χ1v) is 11.1. The van der Waals surface area contributed by atoms with E-state index in [1.165, 1.54) is 21.9 Å². The maximum atomic E-state index is 13.5. The topological polar surface area (TPSA) is 73.0 Å². The fourth-order valence-electron chi connectivity index (χ4n) is 5.48. The summed E-state index contributed by atoms with van der Waals surface area (Å²) in [7, 11) is 0. The molecule has 10 heteroatoms. The van der Waals surface area contributed by atoms with Crippen LogP contribution in [-0.4, -0.2) is 52.4 Å². The third-order valence-corrected chi connectivity index (χ3v) is 6.97. The Hall–Kier alpha value is -4.08. The van der Waals surface area contributed by atoms with Gasteiger partial charge in [-0.05, 0) is 36.1 Å². The molecule has 3 aliphatic heterocycles. The number of urea groups is 2. The summed E-state index contributed by atoms with van der Waals surface area (Å²) >= 11 is 0. The summed E-state index contributed by atoms with van der Waals surface area (Å²) in [6, 6.07) is 14.5. The van der Waals surface area contributed by atoms with E-state index in [9.17, 15) is 27.6 Å². The second-order valence-electron chi connectivity index (χ2n) is 8.92. The lowest BCUT2D eigenvalue weighted by molar-refractivity contribution is -0.137. The minimum atomic E-state index is -4.53. The van der Waals surface area contributed by atoms with Crippen LogP contribution in [0.15, 0.2) is 66.7 Å². The van der Waals surface area contributed by atoms with E-state index >= 15 is 0 Å². The SMILES string of the molecule is O=C1[C@H]2C3CC(CN3C(=O)Nc3cccc(C(F)(F)F)c3)N2C(=O)N1c1cccc2ccccc12. The number of carbonyl (C=O) groups excluding carboxylic acids is 3. The Morgan fingerprint density at radius 1 is 0.971 bits per heavy atom. The van der Waals surface area contributed by atoms with E-state index in [0.717, 1.165) is 22.9 Å². The Labute approximate surface area is 197 Å². The zero-order valence-corrected chi connectivity index (χ0v) is 18.2. The van der Waals surface area contributed by atoms with Crippen molar-refractivity contribution in [3.63, 3.8) is 0 Å². The van der Waals surface area contributed by atoms with Crippen molar-refractivity contribution in [2.24, 2.45) is 0 Å². The molecule has 0 aromatic heterocycles. The number of anilines is 2. The fraction of sp³-hybridized carbons (Fsp3) is 0.240. The minimum Gasteiger partial charge on any atom is -0.317 e. The van der Waals surface area contributed by atoms with Crippen molar-refractivity contribution in [2.45, 2.75) is 30.7 Å². The van der Waals surface area contributed by atoms with Crippen molar-refractivity contribution < 1.29 is 27.6 Å². The normalized spacial score (nSPS) is 23.4. The lowest BCUT2D eigenvalue weighted by Crippen LogP contribution is -2.55. The molecule has 2 bridgehead atoms. The van der Waals surface area contributed by atoms with Crippen LogP contribution in [0.2, 0.25) is 0 Å². The number of nitrogens with one attached hydrogen (secondary N) is 1. The highest BCUT2D eigenvalue weighted by Crippen LogP contribution is 2.43. The molecule has 5 amide bonds. The number of hydrogen-bond acceptors (Lipinski definition) is 3. The number of rotatable bonds is 2. The Kier molecular flexibility index (Phi) is 4.57. The third-order valence-electron chi connectivity index (χ3n) is 6.97. The zero-order valence-electron chi connectivity index (χ0n) is 18.2. The number of likely N-dealkylation sites (tertiary alicyclic amines) is 1. The summed E-state index contributed by atoms with van der Waals surface area (Å²) in [6.45, 7) is 0.203. The number of piperazine rings is 1. The van der Waals surface area contributed by atoms with Gasteiger partial charge in [-0.25, -0.2) is 14.5 Å². The van der Waals surface area contributed by atoms with Gasteiger partial charge in [0.2, 0.25) is 0 Å². The molecule has 3 saturated heterocycles. The second-order valence-corrected chi connectivity index (χ2v) is 8.92. The minimum absolute atomic E-state index is 0.00987. The highest BCUT2D eigenvalue weighted by Gasteiger charge is 2.63. The van der Waals surface area contributed by atoms with Gasteiger partial charge >= 0.3 is 18.2 Å². The van der Waals surface area contributed by atoms with Gasteiger partial charge in [-0.3, -0.25) is 4.79 Å². The molecule has 0 aliphatic carbocycles. The monoisotopic (exact) mass is 480 g/mol. The van der Waals surface area contributed by atoms with Crippen LogP contribution in [0.25, 0.3) is 10.8 Å². The van der Waals surface area contributed by atoms with Gasteiger partial charge in [0.15, 0.2) is 0 Å². The van der Waals surface area contributed by atoms with E-state index in [1.807, 2.05) is 30.3 Å². The van der Waals surface area contributed by atoms with Crippen LogP contribution in [0.3, 0.4) is 0 Å². The van der Waals surface area contributed by atoms with E-state index in [2.05, 4.69) is 5.32 Å². The summed E-state index contributed by atoms with van der Waals surface area (Å²) in [4.78, 5) is 44.0. The van der Waals surface area contributed by atoms with Gasteiger partial charge in [0.25, 0.3) is 5.91 Å². The summed E-state index contributed by atoms with van der Waals surface area (Å²) in [5.74, 6) is -0.407. The molecule has 178 valence electrons. The molecule has 3 aromatic carbocycles. The van der Waals surface area contributed by atoms with Crippen molar-refractivity contribution in [3.05, 3.63) is 72.3 Å². The molecule has 3 heterocycles. The van der Waals surface area contributed by atoms with E-state index < -0.39 is 41.8 Å². The number of imide groups is 1. The average Bonchev–Trinajstić information content (AvgIpc) is 3.50. The molecule has 0 radical (unpaired) electrons. The molecule has 3 atom stereocenters. The molecule has 0 spiro atoms. The van der Waals surface area contributed by atoms with Gasteiger partial charge in [0.1, 0.15) is 6.04 Å². The number of amides is 5. The molecule has 6 rings (SSSR count). The summed E-state index contributed by atoms with van der Waals surface area (Å²) in [6.07, 6.45) is -4.09. The van der Waals surface area contributed by atoms with Crippen LogP contribution in [0.4, 0.5) is 34.1 Å². The predicted molar refractivity (Wildman–Crippen MR) is 122 cm³/mol. The quantitative estimate of drug-likeness (QED) is 0.542. The lowest BCUT2D eigenvalue weighted by Gasteiger charge is -2.34. The molecule has 2 unspecified atom stereocenters. The molecule has 3 fully saturated rings. The van der Waals surface area contributed by atoms with Crippen LogP contribution < -0.4 is 10.2 Å². The van der Waals surface area contributed by atoms with Crippen molar-refractivity contribution in [1.82, 2.24) is 9.80 Å². The zero-order chi connectivity index (χ0) is 24.5. The fourth-order valence-corrected chi connectivity index (χ4v) is 5.48. The highest BCUT2D eigenvalue weighted by atomic mass is 19.4. The van der Waals surface area contributed by atoms with E-state index in [1.54, 1.807) is 17.0 Å². The van der Waals surface area contributed by atoms with Crippen molar-refractivity contribution in [2.75, 3.05) is 16.8 Å². The lowest BCUT2D eigenvalue weighted by atomic mass is 10.1. The van der Waals surface area contributed by atoms with Gasteiger partial charge in [-0.1, -0.05) is 42.5 Å².